The Morgan fingerprint density at radius 3 is 3.25 bits per heavy atom. The molecule has 0 saturated carbocycles. The minimum absolute atomic E-state index is 0.835. The molecule has 1 N–H and O–H groups in total. The van der Waals surface area contributed by atoms with Crippen LogP contribution in [0.2, 0.25) is 0 Å². The Kier molecular flexibility index (Phi) is 2.61. The number of anilines is 1. The fraction of sp³-hybridized carbons (Fsp3) is 0.455. The summed E-state index contributed by atoms with van der Waals surface area (Å²) < 4.78 is 2.20. The van der Waals surface area contributed by atoms with Crippen molar-refractivity contribution < 1.29 is 0 Å². The van der Waals surface area contributed by atoms with Gasteiger partial charge in [-0.2, -0.15) is 11.3 Å². The molecule has 5 heteroatoms. The molecule has 0 atom stereocenters. The Bertz CT molecular complexity index is 460. The molecule has 0 aromatic carbocycles. The van der Waals surface area contributed by atoms with Crippen LogP contribution in [0.3, 0.4) is 0 Å². The molecule has 0 aliphatic carbocycles. The van der Waals surface area contributed by atoms with Crippen molar-refractivity contribution in [3.8, 4) is 0 Å². The standard InChI is InChI=1S/C11H14N4S/c1-2-5-15-10(3-1)13-14-11(15)12-7-9-4-6-16-8-9/h4,6,8H,1-3,5,7H2,(H,12,14). The van der Waals surface area contributed by atoms with E-state index in [1.54, 1.807) is 11.3 Å². The van der Waals surface area contributed by atoms with Crippen molar-refractivity contribution in [3.05, 3.63) is 28.2 Å². The van der Waals surface area contributed by atoms with Crippen LogP contribution >= 0.6 is 11.3 Å². The predicted molar refractivity (Wildman–Crippen MR) is 64.6 cm³/mol. The van der Waals surface area contributed by atoms with Crippen LogP contribution in [0.4, 0.5) is 5.95 Å². The fourth-order valence-corrected chi connectivity index (χ4v) is 2.68. The van der Waals surface area contributed by atoms with Gasteiger partial charge < -0.3 is 5.32 Å². The molecule has 2 aromatic rings. The predicted octanol–water partition coefficient (Wildman–Crippen LogP) is 2.29. The minimum atomic E-state index is 0.835. The lowest BCUT2D eigenvalue weighted by Crippen LogP contribution is -2.13. The summed E-state index contributed by atoms with van der Waals surface area (Å²) in [7, 11) is 0. The SMILES string of the molecule is c1cc(CNc2nnc3n2CCCC3)cs1. The smallest absolute Gasteiger partial charge is 0.224 e. The molecule has 0 radical (unpaired) electrons. The summed E-state index contributed by atoms with van der Waals surface area (Å²) >= 11 is 1.72. The number of aryl methyl sites for hydroxylation is 1. The third-order valence-electron chi connectivity index (χ3n) is 2.89. The average Bonchev–Trinajstić information content (AvgIpc) is 2.96. The highest BCUT2D eigenvalue weighted by Crippen LogP contribution is 2.18. The van der Waals surface area contributed by atoms with Gasteiger partial charge in [0.1, 0.15) is 5.82 Å². The van der Waals surface area contributed by atoms with Crippen LogP contribution in [0.15, 0.2) is 16.8 Å². The van der Waals surface area contributed by atoms with Gasteiger partial charge >= 0.3 is 0 Å². The zero-order chi connectivity index (χ0) is 10.8. The summed E-state index contributed by atoms with van der Waals surface area (Å²) in [5.74, 6) is 2.04. The maximum absolute atomic E-state index is 4.21. The summed E-state index contributed by atoms with van der Waals surface area (Å²) in [6.45, 7) is 1.88. The highest BCUT2D eigenvalue weighted by Gasteiger charge is 2.14. The zero-order valence-corrected chi connectivity index (χ0v) is 9.83. The molecule has 84 valence electrons. The average molecular weight is 234 g/mol. The van der Waals surface area contributed by atoms with Crippen molar-refractivity contribution in [1.29, 1.82) is 0 Å². The Hall–Kier alpha value is -1.36. The molecule has 0 spiro atoms. The van der Waals surface area contributed by atoms with Gasteiger partial charge in [-0.3, -0.25) is 4.57 Å². The van der Waals surface area contributed by atoms with Crippen molar-refractivity contribution in [2.75, 3.05) is 5.32 Å². The highest BCUT2D eigenvalue weighted by molar-refractivity contribution is 7.07. The largest absolute Gasteiger partial charge is 0.350 e. The molecule has 3 heterocycles. The molecule has 0 amide bonds. The van der Waals surface area contributed by atoms with E-state index in [4.69, 9.17) is 0 Å². The van der Waals surface area contributed by atoms with Gasteiger partial charge in [0.05, 0.1) is 0 Å². The minimum Gasteiger partial charge on any atom is -0.350 e. The second-order valence-electron chi connectivity index (χ2n) is 4.03. The van der Waals surface area contributed by atoms with E-state index in [0.29, 0.717) is 0 Å². The third kappa shape index (κ3) is 1.82. The van der Waals surface area contributed by atoms with Crippen LogP contribution in [0.1, 0.15) is 24.2 Å². The fourth-order valence-electron chi connectivity index (χ4n) is 2.01. The lowest BCUT2D eigenvalue weighted by Gasteiger charge is -2.14. The molecule has 0 saturated heterocycles. The number of nitrogens with one attached hydrogen (secondary N) is 1. The monoisotopic (exact) mass is 234 g/mol. The molecular formula is C11H14N4S. The van der Waals surface area contributed by atoms with Crippen molar-refractivity contribution in [3.63, 3.8) is 0 Å². The first-order chi connectivity index (χ1) is 7.93. The van der Waals surface area contributed by atoms with E-state index in [9.17, 15) is 0 Å². The normalized spacial score (nSPS) is 14.8. The highest BCUT2D eigenvalue weighted by atomic mass is 32.1. The molecule has 16 heavy (non-hydrogen) atoms. The van der Waals surface area contributed by atoms with E-state index in [0.717, 1.165) is 31.3 Å². The summed E-state index contributed by atoms with van der Waals surface area (Å²) in [6.07, 6.45) is 3.54. The van der Waals surface area contributed by atoms with E-state index in [1.165, 1.54) is 18.4 Å². The molecule has 1 aliphatic heterocycles. The second-order valence-corrected chi connectivity index (χ2v) is 4.81. The number of aromatic nitrogens is 3. The number of nitrogens with zero attached hydrogens (tertiary/aromatic N) is 3. The first kappa shape index (κ1) is 9.84. The molecule has 2 aromatic heterocycles. The summed E-state index contributed by atoms with van der Waals surface area (Å²) in [4.78, 5) is 0. The van der Waals surface area contributed by atoms with Crippen LogP contribution < -0.4 is 5.32 Å². The number of hydrogen-bond donors (Lipinski definition) is 1. The van der Waals surface area contributed by atoms with Gasteiger partial charge in [-0.1, -0.05) is 0 Å². The van der Waals surface area contributed by atoms with Crippen LogP contribution in [-0.4, -0.2) is 14.8 Å². The van der Waals surface area contributed by atoms with Gasteiger partial charge in [-0.15, -0.1) is 10.2 Å². The Labute approximate surface area is 98.3 Å². The molecule has 0 fully saturated rings. The zero-order valence-electron chi connectivity index (χ0n) is 9.02. The van der Waals surface area contributed by atoms with Crippen molar-refractivity contribution in [1.82, 2.24) is 14.8 Å². The lowest BCUT2D eigenvalue weighted by molar-refractivity contribution is 0.525. The molecule has 0 bridgehead atoms. The molecular weight excluding hydrogens is 220 g/mol. The van der Waals surface area contributed by atoms with E-state index in [1.807, 2.05) is 0 Å². The van der Waals surface area contributed by atoms with Crippen molar-refractivity contribution in [2.24, 2.45) is 0 Å². The number of rotatable bonds is 3. The van der Waals surface area contributed by atoms with E-state index in [-0.39, 0.29) is 0 Å². The first-order valence-electron chi connectivity index (χ1n) is 5.60. The van der Waals surface area contributed by atoms with Gasteiger partial charge in [0.2, 0.25) is 5.95 Å². The second kappa shape index (κ2) is 4.25. The Balaban J connectivity index is 1.72. The number of hydrogen-bond acceptors (Lipinski definition) is 4. The van der Waals surface area contributed by atoms with E-state index in [2.05, 4.69) is 36.9 Å². The van der Waals surface area contributed by atoms with Gasteiger partial charge in [0.25, 0.3) is 0 Å². The topological polar surface area (TPSA) is 42.7 Å². The first-order valence-corrected chi connectivity index (χ1v) is 6.55. The third-order valence-corrected chi connectivity index (χ3v) is 3.62. The summed E-state index contributed by atoms with van der Waals surface area (Å²) in [6, 6.07) is 2.13. The molecule has 0 unspecified atom stereocenters. The number of thiophene rings is 1. The molecule has 4 nitrogen and oxygen atoms in total. The molecule has 1 aliphatic rings. The maximum Gasteiger partial charge on any atom is 0.224 e. The summed E-state index contributed by atoms with van der Waals surface area (Å²) in [5, 5.41) is 16.0. The van der Waals surface area contributed by atoms with Crippen molar-refractivity contribution >= 4 is 17.3 Å². The summed E-state index contributed by atoms with van der Waals surface area (Å²) in [5.41, 5.74) is 1.30. The van der Waals surface area contributed by atoms with E-state index >= 15 is 0 Å². The Morgan fingerprint density at radius 2 is 2.38 bits per heavy atom. The number of fused-ring (bicyclic) bond motifs is 1. The van der Waals surface area contributed by atoms with Gasteiger partial charge in [-0.05, 0) is 35.2 Å². The maximum atomic E-state index is 4.21. The van der Waals surface area contributed by atoms with Gasteiger partial charge in [0.15, 0.2) is 0 Å². The van der Waals surface area contributed by atoms with Gasteiger partial charge in [-0.25, -0.2) is 0 Å². The van der Waals surface area contributed by atoms with Gasteiger partial charge in [0, 0.05) is 19.5 Å². The van der Waals surface area contributed by atoms with Crippen LogP contribution in [0, 0.1) is 0 Å². The quantitative estimate of drug-likeness (QED) is 0.886. The molecule has 3 rings (SSSR count). The van der Waals surface area contributed by atoms with Crippen LogP contribution in [0.5, 0.6) is 0 Å². The van der Waals surface area contributed by atoms with Crippen LogP contribution in [0.25, 0.3) is 0 Å². The van der Waals surface area contributed by atoms with Crippen molar-refractivity contribution in [2.45, 2.75) is 32.4 Å². The van der Waals surface area contributed by atoms with E-state index < -0.39 is 0 Å². The lowest BCUT2D eigenvalue weighted by atomic mass is 10.2. The van der Waals surface area contributed by atoms with Crippen LogP contribution in [-0.2, 0) is 19.5 Å². The Morgan fingerprint density at radius 1 is 1.38 bits per heavy atom.